The second-order valence-corrected chi connectivity index (χ2v) is 6.40. The lowest BCUT2D eigenvalue weighted by atomic mass is 10.2. The van der Waals surface area contributed by atoms with Gasteiger partial charge in [-0.15, -0.1) is 0 Å². The first-order valence-electron chi connectivity index (χ1n) is 8.94. The Balaban J connectivity index is 1.48. The molecule has 3 aromatic rings. The lowest BCUT2D eigenvalue weighted by molar-refractivity contribution is 0.0322. The van der Waals surface area contributed by atoms with E-state index < -0.39 is 0 Å². The maximum Gasteiger partial charge on any atom is 0.121 e. The minimum Gasteiger partial charge on any atom is -0.492 e. The molecule has 0 bridgehead atoms. The third-order valence-electron chi connectivity index (χ3n) is 4.67. The van der Waals surface area contributed by atoms with Crippen molar-refractivity contribution >= 4 is 11.0 Å². The number of imidazole rings is 1. The summed E-state index contributed by atoms with van der Waals surface area (Å²) in [5.74, 6) is 0.843. The molecule has 1 aromatic heterocycles. The van der Waals surface area contributed by atoms with E-state index in [1.807, 2.05) is 47.0 Å². The maximum absolute atomic E-state index is 9.38. The zero-order chi connectivity index (χ0) is 17.8. The van der Waals surface area contributed by atoms with Crippen molar-refractivity contribution in [2.75, 3.05) is 39.5 Å². The monoisotopic (exact) mass is 353 g/mol. The Kier molecular flexibility index (Phi) is 5.15. The third-order valence-corrected chi connectivity index (χ3v) is 4.67. The van der Waals surface area contributed by atoms with E-state index in [-0.39, 0.29) is 6.61 Å². The molecule has 6 heteroatoms. The second-order valence-electron chi connectivity index (χ2n) is 6.40. The van der Waals surface area contributed by atoms with Crippen molar-refractivity contribution in [1.82, 2.24) is 14.5 Å². The highest BCUT2D eigenvalue weighted by Crippen LogP contribution is 2.22. The topological polar surface area (TPSA) is 59.8 Å². The Morgan fingerprint density at radius 2 is 2.00 bits per heavy atom. The molecule has 2 heterocycles. The van der Waals surface area contributed by atoms with Crippen molar-refractivity contribution in [2.45, 2.75) is 6.61 Å². The molecule has 2 aromatic carbocycles. The summed E-state index contributed by atoms with van der Waals surface area (Å²) in [5.41, 5.74) is 3.74. The van der Waals surface area contributed by atoms with Crippen LogP contribution in [0.25, 0.3) is 16.7 Å². The lowest BCUT2D eigenvalue weighted by Gasteiger charge is -2.26. The molecule has 136 valence electrons. The molecule has 1 fully saturated rings. The summed E-state index contributed by atoms with van der Waals surface area (Å²) in [7, 11) is 0. The van der Waals surface area contributed by atoms with Crippen molar-refractivity contribution in [3.8, 4) is 11.4 Å². The van der Waals surface area contributed by atoms with Gasteiger partial charge in [-0.25, -0.2) is 4.98 Å². The van der Waals surface area contributed by atoms with Gasteiger partial charge in [-0.3, -0.25) is 9.47 Å². The average Bonchev–Trinajstić information content (AvgIpc) is 3.12. The van der Waals surface area contributed by atoms with Gasteiger partial charge in [0.2, 0.25) is 0 Å². The highest BCUT2D eigenvalue weighted by Gasteiger charge is 2.10. The van der Waals surface area contributed by atoms with Gasteiger partial charge in [-0.05, 0) is 29.8 Å². The maximum atomic E-state index is 9.38. The number of morpholine rings is 1. The van der Waals surface area contributed by atoms with Crippen LogP contribution in [0.15, 0.2) is 48.8 Å². The Labute approximate surface area is 152 Å². The van der Waals surface area contributed by atoms with E-state index >= 15 is 0 Å². The first-order chi connectivity index (χ1) is 12.8. The Hall–Kier alpha value is -2.41. The van der Waals surface area contributed by atoms with Crippen LogP contribution in [0, 0.1) is 0 Å². The van der Waals surface area contributed by atoms with Crippen molar-refractivity contribution in [2.24, 2.45) is 0 Å². The van der Waals surface area contributed by atoms with Crippen LogP contribution in [0.3, 0.4) is 0 Å². The summed E-state index contributed by atoms with van der Waals surface area (Å²) < 4.78 is 13.3. The molecule has 0 aliphatic carbocycles. The molecule has 0 radical (unpaired) electrons. The van der Waals surface area contributed by atoms with Crippen LogP contribution in [0.1, 0.15) is 5.56 Å². The fraction of sp³-hybridized carbons (Fsp3) is 0.350. The van der Waals surface area contributed by atoms with Crippen molar-refractivity contribution < 1.29 is 14.6 Å². The molecule has 0 spiro atoms. The SMILES string of the molecule is OCc1ccc2ncn(-c3cccc(OCCN4CCOCC4)c3)c2c1. The van der Waals surface area contributed by atoms with E-state index in [0.717, 1.165) is 60.9 Å². The van der Waals surface area contributed by atoms with E-state index in [0.29, 0.717) is 6.61 Å². The number of hydrogen-bond acceptors (Lipinski definition) is 5. The van der Waals surface area contributed by atoms with Gasteiger partial charge in [0.05, 0.1) is 36.5 Å². The predicted octanol–water partition coefficient (Wildman–Crippen LogP) is 2.23. The fourth-order valence-corrected chi connectivity index (χ4v) is 3.20. The highest BCUT2D eigenvalue weighted by molar-refractivity contribution is 5.78. The largest absolute Gasteiger partial charge is 0.492 e. The molecule has 0 saturated carbocycles. The number of nitrogens with zero attached hydrogens (tertiary/aromatic N) is 3. The Morgan fingerprint density at radius 1 is 1.12 bits per heavy atom. The van der Waals surface area contributed by atoms with Crippen LogP contribution in [0.2, 0.25) is 0 Å². The molecule has 4 rings (SSSR count). The van der Waals surface area contributed by atoms with Gasteiger partial charge in [0.15, 0.2) is 0 Å². The van der Waals surface area contributed by atoms with Gasteiger partial charge in [0.1, 0.15) is 18.7 Å². The standard InChI is InChI=1S/C20H23N3O3/c24-14-16-4-5-19-20(12-16)23(15-21-19)17-2-1-3-18(13-17)26-11-8-22-6-9-25-10-7-22/h1-5,12-13,15,24H,6-11,14H2. The van der Waals surface area contributed by atoms with Gasteiger partial charge in [0, 0.05) is 25.7 Å². The summed E-state index contributed by atoms with van der Waals surface area (Å²) in [6.45, 7) is 5.13. The number of benzene rings is 2. The second kappa shape index (κ2) is 7.86. The molecule has 1 aliphatic rings. The van der Waals surface area contributed by atoms with Crippen LogP contribution >= 0.6 is 0 Å². The number of aliphatic hydroxyl groups excluding tert-OH is 1. The van der Waals surface area contributed by atoms with Crippen molar-refractivity contribution in [1.29, 1.82) is 0 Å². The van der Waals surface area contributed by atoms with Crippen LogP contribution in [0.4, 0.5) is 0 Å². The average molecular weight is 353 g/mol. The summed E-state index contributed by atoms with van der Waals surface area (Å²) in [6, 6.07) is 13.8. The third kappa shape index (κ3) is 3.72. The Bertz CT molecular complexity index is 872. The number of aromatic nitrogens is 2. The van der Waals surface area contributed by atoms with Crippen LogP contribution in [-0.2, 0) is 11.3 Å². The predicted molar refractivity (Wildman–Crippen MR) is 99.7 cm³/mol. The van der Waals surface area contributed by atoms with E-state index in [2.05, 4.69) is 9.88 Å². The molecule has 0 atom stereocenters. The highest BCUT2D eigenvalue weighted by atomic mass is 16.5. The lowest BCUT2D eigenvalue weighted by Crippen LogP contribution is -2.38. The van der Waals surface area contributed by atoms with Crippen LogP contribution < -0.4 is 4.74 Å². The first-order valence-corrected chi connectivity index (χ1v) is 8.94. The van der Waals surface area contributed by atoms with E-state index in [1.165, 1.54) is 0 Å². The van der Waals surface area contributed by atoms with Crippen LogP contribution in [0.5, 0.6) is 5.75 Å². The van der Waals surface area contributed by atoms with E-state index in [9.17, 15) is 5.11 Å². The van der Waals surface area contributed by atoms with Crippen molar-refractivity contribution in [3.05, 3.63) is 54.4 Å². The van der Waals surface area contributed by atoms with E-state index in [1.54, 1.807) is 6.33 Å². The first kappa shape index (κ1) is 17.0. The summed E-state index contributed by atoms with van der Waals surface area (Å²) in [6.07, 6.45) is 1.80. The zero-order valence-corrected chi connectivity index (χ0v) is 14.7. The number of rotatable bonds is 6. The van der Waals surface area contributed by atoms with E-state index in [4.69, 9.17) is 9.47 Å². The summed E-state index contributed by atoms with van der Waals surface area (Å²) >= 11 is 0. The molecule has 1 N–H and O–H groups in total. The van der Waals surface area contributed by atoms with Gasteiger partial charge in [-0.1, -0.05) is 12.1 Å². The number of ether oxygens (including phenoxy) is 2. The summed E-state index contributed by atoms with van der Waals surface area (Å²) in [5, 5.41) is 9.38. The Morgan fingerprint density at radius 3 is 2.85 bits per heavy atom. The van der Waals surface area contributed by atoms with Gasteiger partial charge in [-0.2, -0.15) is 0 Å². The molecule has 26 heavy (non-hydrogen) atoms. The van der Waals surface area contributed by atoms with Crippen LogP contribution in [-0.4, -0.2) is 59.0 Å². The van der Waals surface area contributed by atoms with Gasteiger partial charge >= 0.3 is 0 Å². The van der Waals surface area contributed by atoms with Crippen molar-refractivity contribution in [3.63, 3.8) is 0 Å². The quantitative estimate of drug-likeness (QED) is 0.736. The molecule has 0 amide bonds. The number of aliphatic hydroxyl groups is 1. The molecule has 0 unspecified atom stereocenters. The normalized spacial score (nSPS) is 15.4. The fourth-order valence-electron chi connectivity index (χ4n) is 3.20. The molecule has 1 saturated heterocycles. The molecular formula is C20H23N3O3. The molecule has 6 nitrogen and oxygen atoms in total. The van der Waals surface area contributed by atoms with Gasteiger partial charge in [0.25, 0.3) is 0 Å². The minimum absolute atomic E-state index is 0.0197. The number of hydrogen-bond donors (Lipinski definition) is 1. The van der Waals surface area contributed by atoms with Gasteiger partial charge < -0.3 is 14.6 Å². The zero-order valence-electron chi connectivity index (χ0n) is 14.7. The summed E-state index contributed by atoms with van der Waals surface area (Å²) in [4.78, 5) is 6.80. The number of fused-ring (bicyclic) bond motifs is 1. The minimum atomic E-state index is 0.0197. The smallest absolute Gasteiger partial charge is 0.121 e. The molecule has 1 aliphatic heterocycles. The molecular weight excluding hydrogens is 330 g/mol.